The van der Waals surface area contributed by atoms with E-state index in [-0.39, 0.29) is 12.6 Å². The van der Waals surface area contributed by atoms with Gasteiger partial charge >= 0.3 is 5.97 Å². The number of hydrogen-bond donors (Lipinski definition) is 1. The highest BCUT2D eigenvalue weighted by Crippen LogP contribution is 2.32. The van der Waals surface area contributed by atoms with E-state index in [4.69, 9.17) is 14.2 Å². The molecular weight excluding hydrogens is 350 g/mol. The molecule has 0 saturated heterocycles. The second-order valence-corrected chi connectivity index (χ2v) is 5.74. The number of fused-ring (bicyclic) bond motifs is 1. The lowest BCUT2D eigenvalue weighted by molar-refractivity contribution is -0.142. The van der Waals surface area contributed by atoms with E-state index in [0.29, 0.717) is 22.7 Å². The smallest absolute Gasteiger partial charge is 0.331 e. The predicted octanol–water partition coefficient (Wildman–Crippen LogP) is 2.81. The lowest BCUT2D eigenvalue weighted by Gasteiger charge is -2.06. The number of carbonyl (C=O) groups is 3. The van der Waals surface area contributed by atoms with Gasteiger partial charge in [0, 0.05) is 17.3 Å². The summed E-state index contributed by atoms with van der Waals surface area (Å²) in [5.74, 6) is 0.0876. The van der Waals surface area contributed by atoms with Crippen molar-refractivity contribution in [3.8, 4) is 11.5 Å². The first-order chi connectivity index (χ1) is 13.0. The minimum Gasteiger partial charge on any atom is -0.454 e. The molecule has 7 nitrogen and oxygen atoms in total. The Bertz CT molecular complexity index is 901. The van der Waals surface area contributed by atoms with E-state index in [1.165, 1.54) is 13.0 Å². The third kappa shape index (κ3) is 4.94. The van der Waals surface area contributed by atoms with Crippen LogP contribution in [0.15, 0.2) is 48.5 Å². The van der Waals surface area contributed by atoms with Crippen molar-refractivity contribution in [3.05, 3.63) is 59.7 Å². The number of Topliss-reactive ketones (excluding diaryl/α,β-unsaturated/α-hetero) is 1. The number of ether oxygens (including phenoxy) is 3. The molecule has 3 rings (SSSR count). The van der Waals surface area contributed by atoms with Crippen LogP contribution in [0.25, 0.3) is 6.08 Å². The topological polar surface area (TPSA) is 90.9 Å². The first-order valence-corrected chi connectivity index (χ1v) is 8.16. The van der Waals surface area contributed by atoms with E-state index >= 15 is 0 Å². The molecule has 2 aromatic carbocycles. The van der Waals surface area contributed by atoms with Crippen molar-refractivity contribution >= 4 is 29.4 Å². The Hall–Kier alpha value is -3.61. The van der Waals surface area contributed by atoms with Gasteiger partial charge in [0.25, 0.3) is 5.91 Å². The van der Waals surface area contributed by atoms with Crippen LogP contribution in [-0.2, 0) is 14.3 Å². The van der Waals surface area contributed by atoms with Gasteiger partial charge < -0.3 is 19.5 Å². The van der Waals surface area contributed by atoms with Gasteiger partial charge in [-0.2, -0.15) is 0 Å². The molecule has 7 heteroatoms. The molecule has 0 bridgehead atoms. The lowest BCUT2D eigenvalue weighted by atomic mass is 10.1. The van der Waals surface area contributed by atoms with Crippen LogP contribution >= 0.6 is 0 Å². The predicted molar refractivity (Wildman–Crippen MR) is 97.6 cm³/mol. The molecule has 2 aromatic rings. The second-order valence-electron chi connectivity index (χ2n) is 5.74. The molecule has 1 heterocycles. The number of esters is 1. The normalized spacial score (nSPS) is 12.0. The Balaban J connectivity index is 1.47. The summed E-state index contributed by atoms with van der Waals surface area (Å²) in [4.78, 5) is 34.8. The third-order valence-electron chi connectivity index (χ3n) is 3.73. The number of amides is 1. The van der Waals surface area contributed by atoms with Crippen molar-refractivity contribution < 1.29 is 28.6 Å². The first-order valence-electron chi connectivity index (χ1n) is 8.16. The summed E-state index contributed by atoms with van der Waals surface area (Å²) < 4.78 is 15.4. The van der Waals surface area contributed by atoms with Gasteiger partial charge in [-0.15, -0.1) is 0 Å². The molecule has 0 radical (unpaired) electrons. The maximum absolute atomic E-state index is 11.8. The van der Waals surface area contributed by atoms with Crippen molar-refractivity contribution in [1.29, 1.82) is 0 Å². The number of ketones is 1. The first kappa shape index (κ1) is 18.2. The van der Waals surface area contributed by atoms with Crippen LogP contribution < -0.4 is 14.8 Å². The van der Waals surface area contributed by atoms with Crippen molar-refractivity contribution in [3.63, 3.8) is 0 Å². The van der Waals surface area contributed by atoms with Gasteiger partial charge in [-0.3, -0.25) is 9.59 Å². The highest BCUT2D eigenvalue weighted by molar-refractivity contribution is 5.96. The number of hydrogen-bond acceptors (Lipinski definition) is 6. The van der Waals surface area contributed by atoms with Crippen molar-refractivity contribution in [2.75, 3.05) is 18.7 Å². The summed E-state index contributed by atoms with van der Waals surface area (Å²) in [6.07, 6.45) is 2.79. The van der Waals surface area contributed by atoms with E-state index in [1.807, 2.05) is 0 Å². The fourth-order valence-corrected chi connectivity index (χ4v) is 2.35. The highest BCUT2D eigenvalue weighted by Gasteiger charge is 2.12. The number of carbonyl (C=O) groups excluding carboxylic acids is 3. The Morgan fingerprint density at radius 3 is 2.56 bits per heavy atom. The third-order valence-corrected chi connectivity index (χ3v) is 3.73. The molecule has 0 aromatic heterocycles. The standard InChI is InChI=1S/C20H17NO6/c1-13(22)15-4-6-16(7-5-15)21-19(23)11-25-20(24)9-3-14-2-8-17-18(10-14)27-12-26-17/h2-10H,11-12H2,1H3,(H,21,23). The van der Waals surface area contributed by atoms with Crippen LogP contribution in [0.3, 0.4) is 0 Å². The lowest BCUT2D eigenvalue weighted by Crippen LogP contribution is -2.20. The molecule has 0 aliphatic carbocycles. The maximum Gasteiger partial charge on any atom is 0.331 e. The number of nitrogens with one attached hydrogen (secondary N) is 1. The van der Waals surface area contributed by atoms with Crippen molar-refractivity contribution in [2.24, 2.45) is 0 Å². The van der Waals surface area contributed by atoms with E-state index < -0.39 is 18.5 Å². The van der Waals surface area contributed by atoms with Gasteiger partial charge in [0.2, 0.25) is 6.79 Å². The average Bonchev–Trinajstić information content (AvgIpc) is 3.13. The Morgan fingerprint density at radius 2 is 1.81 bits per heavy atom. The van der Waals surface area contributed by atoms with Crippen LogP contribution in [0.1, 0.15) is 22.8 Å². The molecule has 0 fully saturated rings. The fraction of sp³-hybridized carbons (Fsp3) is 0.150. The summed E-state index contributed by atoms with van der Waals surface area (Å²) in [5, 5.41) is 2.58. The molecule has 1 amide bonds. The van der Waals surface area contributed by atoms with E-state index in [9.17, 15) is 14.4 Å². The number of anilines is 1. The molecule has 0 saturated carbocycles. The summed E-state index contributed by atoms with van der Waals surface area (Å²) in [6.45, 7) is 1.22. The number of benzene rings is 2. The zero-order valence-corrected chi connectivity index (χ0v) is 14.6. The van der Waals surface area contributed by atoms with Crippen molar-refractivity contribution in [2.45, 2.75) is 6.92 Å². The minimum absolute atomic E-state index is 0.0592. The monoisotopic (exact) mass is 367 g/mol. The molecule has 1 aliphatic rings. The van der Waals surface area contributed by atoms with Gasteiger partial charge in [0.15, 0.2) is 23.9 Å². The van der Waals surface area contributed by atoms with E-state index in [2.05, 4.69) is 5.32 Å². The van der Waals surface area contributed by atoms with Crippen LogP contribution in [0.4, 0.5) is 5.69 Å². The van der Waals surface area contributed by atoms with Crippen molar-refractivity contribution in [1.82, 2.24) is 0 Å². The average molecular weight is 367 g/mol. The number of rotatable bonds is 6. The molecule has 1 aliphatic heterocycles. The Morgan fingerprint density at radius 1 is 1.07 bits per heavy atom. The van der Waals surface area contributed by atoms with Crippen LogP contribution in [-0.4, -0.2) is 31.1 Å². The molecular formula is C20H17NO6. The Kier molecular flexibility index (Phi) is 5.51. The van der Waals surface area contributed by atoms with Gasteiger partial charge in [-0.1, -0.05) is 6.07 Å². The van der Waals surface area contributed by atoms with Crippen LogP contribution in [0, 0.1) is 0 Å². The molecule has 1 N–H and O–H groups in total. The van der Waals surface area contributed by atoms with Crippen LogP contribution in [0.2, 0.25) is 0 Å². The second kappa shape index (κ2) is 8.18. The Labute approximate surface area is 155 Å². The largest absolute Gasteiger partial charge is 0.454 e. The fourth-order valence-electron chi connectivity index (χ4n) is 2.35. The summed E-state index contributed by atoms with van der Waals surface area (Å²) in [7, 11) is 0. The summed E-state index contributed by atoms with van der Waals surface area (Å²) >= 11 is 0. The highest BCUT2D eigenvalue weighted by atomic mass is 16.7. The van der Waals surface area contributed by atoms with Crippen LogP contribution in [0.5, 0.6) is 11.5 Å². The quantitative estimate of drug-likeness (QED) is 0.480. The summed E-state index contributed by atoms with van der Waals surface area (Å²) in [5.41, 5.74) is 1.80. The molecule has 0 spiro atoms. The maximum atomic E-state index is 11.8. The van der Waals surface area contributed by atoms with E-state index in [1.54, 1.807) is 48.5 Å². The van der Waals surface area contributed by atoms with Gasteiger partial charge in [0.05, 0.1) is 0 Å². The molecule has 138 valence electrons. The zero-order valence-electron chi connectivity index (χ0n) is 14.6. The summed E-state index contributed by atoms with van der Waals surface area (Å²) in [6, 6.07) is 11.7. The zero-order chi connectivity index (χ0) is 19.2. The van der Waals surface area contributed by atoms with Gasteiger partial charge in [-0.05, 0) is 55.0 Å². The molecule has 0 atom stereocenters. The molecule has 0 unspecified atom stereocenters. The van der Waals surface area contributed by atoms with Gasteiger partial charge in [-0.25, -0.2) is 4.79 Å². The van der Waals surface area contributed by atoms with Gasteiger partial charge in [0.1, 0.15) is 0 Å². The SMILES string of the molecule is CC(=O)c1ccc(NC(=O)COC(=O)C=Cc2ccc3c(c2)OCO3)cc1. The van der Waals surface area contributed by atoms with E-state index in [0.717, 1.165) is 5.56 Å². The minimum atomic E-state index is -0.644. The molecule has 27 heavy (non-hydrogen) atoms.